The fourth-order valence-corrected chi connectivity index (χ4v) is 5.51. The van der Waals surface area contributed by atoms with Gasteiger partial charge in [-0.3, -0.25) is 9.48 Å². The summed E-state index contributed by atoms with van der Waals surface area (Å²) in [7, 11) is 1.94. The number of rotatable bonds is 1. The summed E-state index contributed by atoms with van der Waals surface area (Å²) in [6.07, 6.45) is 3.51. The summed E-state index contributed by atoms with van der Waals surface area (Å²) < 4.78 is 9.37. The fraction of sp³-hybridized carbons (Fsp3) is 0.261. The normalized spacial score (nSPS) is 16.7. The molecule has 4 heterocycles. The van der Waals surface area contributed by atoms with Crippen LogP contribution >= 0.6 is 11.3 Å². The first kappa shape index (κ1) is 18.4. The van der Waals surface area contributed by atoms with Gasteiger partial charge in [0.25, 0.3) is 5.91 Å². The number of thiazole rings is 1. The van der Waals surface area contributed by atoms with Gasteiger partial charge in [0.1, 0.15) is 17.0 Å². The number of nitrogen functional groups attached to an aromatic ring is 1. The lowest BCUT2D eigenvalue weighted by Crippen LogP contribution is -2.48. The molecule has 4 aromatic rings. The zero-order valence-corrected chi connectivity index (χ0v) is 17.9. The Morgan fingerprint density at radius 2 is 2.00 bits per heavy atom. The number of aryl methyl sites for hydroxylation is 1. The average Bonchev–Trinajstić information content (AvgIpc) is 3.35. The van der Waals surface area contributed by atoms with Crippen LogP contribution in [0.1, 0.15) is 28.8 Å². The first-order valence-electron chi connectivity index (χ1n) is 10.3. The van der Waals surface area contributed by atoms with Crippen molar-refractivity contribution in [1.82, 2.24) is 19.7 Å². The largest absolute Gasteiger partial charge is 0.482 e. The van der Waals surface area contributed by atoms with Crippen LogP contribution in [0.5, 0.6) is 5.75 Å². The third kappa shape index (κ3) is 2.82. The summed E-state index contributed by atoms with van der Waals surface area (Å²) in [6, 6.07) is 13.6. The number of aromatic nitrogens is 3. The van der Waals surface area contributed by atoms with Crippen LogP contribution in [0.25, 0.3) is 21.5 Å². The van der Waals surface area contributed by atoms with Gasteiger partial charge in [0.15, 0.2) is 5.13 Å². The topological polar surface area (TPSA) is 86.3 Å². The number of hydrogen-bond donors (Lipinski definition) is 1. The van der Waals surface area contributed by atoms with Gasteiger partial charge >= 0.3 is 0 Å². The second-order valence-corrected chi connectivity index (χ2v) is 9.25. The van der Waals surface area contributed by atoms with Crippen LogP contribution in [-0.4, -0.2) is 38.7 Å². The van der Waals surface area contributed by atoms with Crippen molar-refractivity contribution in [2.45, 2.75) is 18.4 Å². The predicted octanol–water partition coefficient (Wildman–Crippen LogP) is 3.80. The summed E-state index contributed by atoms with van der Waals surface area (Å²) in [5.74, 6) is 0.896. The molecular formula is C23H21N5O2S. The van der Waals surface area contributed by atoms with E-state index < -0.39 is 5.60 Å². The molecule has 0 atom stereocenters. The number of fused-ring (bicyclic) bond motifs is 5. The number of anilines is 1. The molecule has 2 aliphatic rings. The molecule has 0 unspecified atom stereocenters. The van der Waals surface area contributed by atoms with E-state index in [1.807, 2.05) is 53.0 Å². The lowest BCUT2D eigenvalue weighted by atomic mass is 9.81. The zero-order chi connectivity index (χ0) is 21.2. The molecule has 1 saturated heterocycles. The van der Waals surface area contributed by atoms with Gasteiger partial charge < -0.3 is 15.4 Å². The first-order valence-corrected chi connectivity index (χ1v) is 11.1. The van der Waals surface area contributed by atoms with Gasteiger partial charge in [-0.2, -0.15) is 5.10 Å². The summed E-state index contributed by atoms with van der Waals surface area (Å²) in [5.41, 5.74) is 9.97. The number of nitrogens with zero attached hydrogens (tertiary/aromatic N) is 4. The second-order valence-electron chi connectivity index (χ2n) is 8.18. The number of para-hydroxylation sites is 1. The Hall–Kier alpha value is -3.39. The molecule has 1 spiro atoms. The van der Waals surface area contributed by atoms with E-state index in [0.717, 1.165) is 45.6 Å². The minimum Gasteiger partial charge on any atom is -0.482 e. The predicted molar refractivity (Wildman–Crippen MR) is 120 cm³/mol. The van der Waals surface area contributed by atoms with Crippen molar-refractivity contribution in [3.63, 3.8) is 0 Å². The lowest BCUT2D eigenvalue weighted by molar-refractivity contribution is -0.00165. The molecule has 7 nitrogen and oxygen atoms in total. The van der Waals surface area contributed by atoms with E-state index in [-0.39, 0.29) is 5.91 Å². The molecule has 156 valence electrons. The number of benzene rings is 2. The van der Waals surface area contributed by atoms with Gasteiger partial charge in [0.2, 0.25) is 0 Å². The Balaban J connectivity index is 1.28. The van der Waals surface area contributed by atoms with E-state index in [0.29, 0.717) is 23.8 Å². The van der Waals surface area contributed by atoms with Gasteiger partial charge in [-0.15, -0.1) is 0 Å². The molecule has 31 heavy (non-hydrogen) atoms. The molecule has 2 N–H and O–H groups in total. The van der Waals surface area contributed by atoms with Crippen LogP contribution in [0.4, 0.5) is 5.13 Å². The van der Waals surface area contributed by atoms with Crippen molar-refractivity contribution in [3.8, 4) is 17.0 Å². The minimum absolute atomic E-state index is 0.0336. The van der Waals surface area contributed by atoms with E-state index in [1.54, 1.807) is 0 Å². The molecular weight excluding hydrogens is 410 g/mol. The number of piperidine rings is 1. The lowest BCUT2D eigenvalue weighted by Gasteiger charge is -2.44. The Kier molecular flexibility index (Phi) is 3.89. The summed E-state index contributed by atoms with van der Waals surface area (Å²) >= 11 is 1.40. The van der Waals surface area contributed by atoms with E-state index in [1.165, 1.54) is 11.3 Å². The first-order chi connectivity index (χ1) is 15.0. The van der Waals surface area contributed by atoms with Crippen molar-refractivity contribution in [2.24, 2.45) is 7.05 Å². The van der Waals surface area contributed by atoms with E-state index in [4.69, 9.17) is 15.6 Å². The second kappa shape index (κ2) is 6.55. The third-order valence-electron chi connectivity index (χ3n) is 6.28. The highest BCUT2D eigenvalue weighted by Gasteiger charge is 2.45. The van der Waals surface area contributed by atoms with Crippen molar-refractivity contribution in [3.05, 3.63) is 59.8 Å². The van der Waals surface area contributed by atoms with Gasteiger partial charge in [-0.05, 0) is 30.3 Å². The minimum atomic E-state index is -0.454. The quantitative estimate of drug-likeness (QED) is 0.495. The molecule has 2 aromatic heterocycles. The van der Waals surface area contributed by atoms with Gasteiger partial charge in [-0.25, -0.2) is 4.98 Å². The summed E-state index contributed by atoms with van der Waals surface area (Å²) in [5, 5.41) is 5.23. The SMILES string of the molecule is Cn1cc2c(n1)-c1ccccc1OC21CCN(C(=O)c2ccc3nc(N)sc3c2)CC1. The Labute approximate surface area is 183 Å². The van der Waals surface area contributed by atoms with E-state index in [2.05, 4.69) is 17.2 Å². The van der Waals surface area contributed by atoms with Crippen LogP contribution in [0, 0.1) is 0 Å². The number of hydrogen-bond acceptors (Lipinski definition) is 6. The fourth-order valence-electron chi connectivity index (χ4n) is 4.74. The summed E-state index contributed by atoms with van der Waals surface area (Å²) in [6.45, 7) is 1.25. The third-order valence-corrected chi connectivity index (χ3v) is 7.12. The molecule has 2 aliphatic heterocycles. The van der Waals surface area contributed by atoms with Crippen LogP contribution in [0.3, 0.4) is 0 Å². The van der Waals surface area contributed by atoms with Crippen molar-refractivity contribution in [2.75, 3.05) is 18.8 Å². The van der Waals surface area contributed by atoms with Gasteiger partial charge in [0, 0.05) is 55.9 Å². The molecule has 2 aromatic carbocycles. The van der Waals surface area contributed by atoms with Crippen molar-refractivity contribution >= 4 is 32.6 Å². The van der Waals surface area contributed by atoms with Gasteiger partial charge in [0.05, 0.1) is 10.2 Å². The van der Waals surface area contributed by atoms with Crippen LogP contribution in [-0.2, 0) is 12.6 Å². The number of likely N-dealkylation sites (tertiary alicyclic amines) is 1. The Morgan fingerprint density at radius 3 is 2.84 bits per heavy atom. The number of nitrogens with two attached hydrogens (primary N) is 1. The number of ether oxygens (including phenoxy) is 1. The van der Waals surface area contributed by atoms with Gasteiger partial charge in [-0.1, -0.05) is 23.5 Å². The zero-order valence-electron chi connectivity index (χ0n) is 17.0. The van der Waals surface area contributed by atoms with Crippen LogP contribution in [0.15, 0.2) is 48.7 Å². The smallest absolute Gasteiger partial charge is 0.253 e. The molecule has 0 radical (unpaired) electrons. The molecule has 8 heteroatoms. The highest BCUT2D eigenvalue weighted by atomic mass is 32.1. The average molecular weight is 432 g/mol. The van der Waals surface area contributed by atoms with Crippen LogP contribution < -0.4 is 10.5 Å². The monoisotopic (exact) mass is 431 g/mol. The molecule has 0 saturated carbocycles. The standard InChI is InChI=1S/C23H21N5O2S/c1-27-13-16-20(26-27)15-4-2-3-5-18(15)30-23(16)8-10-28(11-9-23)21(29)14-6-7-17-19(12-14)31-22(24)25-17/h2-7,12-13H,8-11H2,1H3,(H2,24,25). The van der Waals surface area contributed by atoms with Crippen molar-refractivity contribution < 1.29 is 9.53 Å². The number of carbonyl (C=O) groups excluding carboxylic acids is 1. The van der Waals surface area contributed by atoms with E-state index in [9.17, 15) is 4.79 Å². The maximum Gasteiger partial charge on any atom is 0.253 e. The molecule has 1 fully saturated rings. The maximum absolute atomic E-state index is 13.2. The van der Waals surface area contributed by atoms with Crippen LogP contribution in [0.2, 0.25) is 0 Å². The highest BCUT2D eigenvalue weighted by molar-refractivity contribution is 7.22. The van der Waals surface area contributed by atoms with Crippen molar-refractivity contribution in [1.29, 1.82) is 0 Å². The Morgan fingerprint density at radius 1 is 1.19 bits per heavy atom. The molecule has 0 aliphatic carbocycles. The number of amides is 1. The maximum atomic E-state index is 13.2. The molecule has 6 rings (SSSR count). The summed E-state index contributed by atoms with van der Waals surface area (Å²) in [4.78, 5) is 19.4. The molecule has 0 bridgehead atoms. The Bertz CT molecular complexity index is 1330. The highest BCUT2D eigenvalue weighted by Crippen LogP contribution is 2.49. The number of carbonyl (C=O) groups is 1. The van der Waals surface area contributed by atoms with E-state index >= 15 is 0 Å². The molecule has 1 amide bonds.